The zero-order valence-electron chi connectivity index (χ0n) is 12.4. The Balaban J connectivity index is 2.02. The van der Waals surface area contributed by atoms with E-state index in [0.29, 0.717) is 6.04 Å². The van der Waals surface area contributed by atoms with Crippen molar-refractivity contribution in [3.05, 3.63) is 24.2 Å². The van der Waals surface area contributed by atoms with Gasteiger partial charge in [-0.2, -0.15) is 0 Å². The van der Waals surface area contributed by atoms with Crippen molar-refractivity contribution in [1.82, 2.24) is 9.80 Å². The third-order valence-electron chi connectivity index (χ3n) is 4.35. The van der Waals surface area contributed by atoms with Gasteiger partial charge >= 0.3 is 0 Å². The third-order valence-corrected chi connectivity index (χ3v) is 4.35. The highest BCUT2D eigenvalue weighted by atomic mass is 16.3. The van der Waals surface area contributed by atoms with Crippen LogP contribution in [-0.4, -0.2) is 48.6 Å². The van der Waals surface area contributed by atoms with Gasteiger partial charge in [-0.3, -0.25) is 4.90 Å². The number of likely N-dealkylation sites (N-methyl/N-ethyl adjacent to an activating group) is 1. The highest BCUT2D eigenvalue weighted by Crippen LogP contribution is 2.28. The van der Waals surface area contributed by atoms with E-state index in [2.05, 4.69) is 30.7 Å². The normalized spacial score (nSPS) is 21.7. The largest absolute Gasteiger partial charge is 0.468 e. The van der Waals surface area contributed by atoms with Gasteiger partial charge in [0.2, 0.25) is 0 Å². The first-order chi connectivity index (χ1) is 9.13. The molecule has 0 aromatic carbocycles. The van der Waals surface area contributed by atoms with Crippen LogP contribution in [0.25, 0.3) is 0 Å². The standard InChI is InChI=1S/C15H27N3O/c1-4-18-9-7-13(8-10-18)17(3)15(12(2)16)14-6-5-11-19-14/h5-6,11-13,15H,4,7-10,16H2,1-3H3. The number of nitrogens with zero attached hydrogens (tertiary/aromatic N) is 2. The molecule has 4 heteroatoms. The fourth-order valence-electron chi connectivity index (χ4n) is 3.16. The molecule has 108 valence electrons. The van der Waals surface area contributed by atoms with Gasteiger partial charge in [-0.25, -0.2) is 0 Å². The van der Waals surface area contributed by atoms with Crippen molar-refractivity contribution >= 4 is 0 Å². The zero-order valence-corrected chi connectivity index (χ0v) is 12.4. The lowest BCUT2D eigenvalue weighted by molar-refractivity contribution is 0.0801. The van der Waals surface area contributed by atoms with Crippen LogP contribution in [0.1, 0.15) is 38.5 Å². The number of hydrogen-bond donors (Lipinski definition) is 1. The van der Waals surface area contributed by atoms with Crippen LogP contribution in [0.4, 0.5) is 0 Å². The molecular weight excluding hydrogens is 238 g/mol. The molecule has 0 saturated carbocycles. The van der Waals surface area contributed by atoms with E-state index in [4.69, 9.17) is 10.2 Å². The van der Waals surface area contributed by atoms with E-state index in [9.17, 15) is 0 Å². The molecule has 2 N–H and O–H groups in total. The highest BCUT2D eigenvalue weighted by molar-refractivity contribution is 5.08. The van der Waals surface area contributed by atoms with Gasteiger partial charge in [0.15, 0.2) is 0 Å². The predicted molar refractivity (Wildman–Crippen MR) is 78.0 cm³/mol. The van der Waals surface area contributed by atoms with E-state index in [-0.39, 0.29) is 12.1 Å². The van der Waals surface area contributed by atoms with Crippen LogP contribution in [0.2, 0.25) is 0 Å². The fraction of sp³-hybridized carbons (Fsp3) is 0.733. The minimum Gasteiger partial charge on any atom is -0.468 e. The lowest BCUT2D eigenvalue weighted by Crippen LogP contribution is -2.47. The summed E-state index contributed by atoms with van der Waals surface area (Å²) >= 11 is 0. The second-order valence-electron chi connectivity index (χ2n) is 5.65. The van der Waals surface area contributed by atoms with Crippen molar-refractivity contribution in [2.75, 3.05) is 26.7 Å². The fourth-order valence-corrected chi connectivity index (χ4v) is 3.16. The summed E-state index contributed by atoms with van der Waals surface area (Å²) in [5.41, 5.74) is 6.18. The molecule has 0 spiro atoms. The van der Waals surface area contributed by atoms with Crippen LogP contribution < -0.4 is 5.73 Å². The van der Waals surface area contributed by atoms with Gasteiger partial charge in [0, 0.05) is 12.1 Å². The minimum absolute atomic E-state index is 0.0698. The Bertz CT molecular complexity index is 355. The summed E-state index contributed by atoms with van der Waals surface area (Å²) in [6, 6.07) is 4.82. The minimum atomic E-state index is 0.0698. The van der Waals surface area contributed by atoms with Crippen molar-refractivity contribution in [2.24, 2.45) is 5.73 Å². The van der Waals surface area contributed by atoms with Gasteiger partial charge in [0.25, 0.3) is 0 Å². The summed E-state index contributed by atoms with van der Waals surface area (Å²) in [7, 11) is 2.18. The van der Waals surface area contributed by atoms with Gasteiger partial charge < -0.3 is 15.1 Å². The number of piperidine rings is 1. The van der Waals surface area contributed by atoms with E-state index in [1.54, 1.807) is 6.26 Å². The number of nitrogens with two attached hydrogens (primary N) is 1. The molecule has 2 heterocycles. The second kappa shape index (κ2) is 6.55. The Morgan fingerprint density at radius 1 is 1.47 bits per heavy atom. The molecular formula is C15H27N3O. The Morgan fingerprint density at radius 3 is 2.63 bits per heavy atom. The maximum atomic E-state index is 6.18. The van der Waals surface area contributed by atoms with Crippen LogP contribution in [-0.2, 0) is 0 Å². The first kappa shape index (κ1) is 14.6. The smallest absolute Gasteiger partial charge is 0.122 e. The van der Waals surface area contributed by atoms with Crippen molar-refractivity contribution in [1.29, 1.82) is 0 Å². The quantitative estimate of drug-likeness (QED) is 0.885. The number of likely N-dealkylation sites (tertiary alicyclic amines) is 1. The first-order valence-corrected chi connectivity index (χ1v) is 7.36. The van der Waals surface area contributed by atoms with Crippen molar-refractivity contribution in [3.8, 4) is 0 Å². The van der Waals surface area contributed by atoms with Gasteiger partial charge in [0.05, 0.1) is 12.3 Å². The molecule has 4 nitrogen and oxygen atoms in total. The maximum absolute atomic E-state index is 6.18. The summed E-state index contributed by atoms with van der Waals surface area (Å²) < 4.78 is 5.58. The molecule has 2 atom stereocenters. The molecule has 1 fully saturated rings. The van der Waals surface area contributed by atoms with Crippen LogP contribution in [0, 0.1) is 0 Å². The van der Waals surface area contributed by atoms with E-state index in [1.807, 2.05) is 12.1 Å². The van der Waals surface area contributed by atoms with Gasteiger partial charge in [-0.05, 0) is 58.6 Å². The third kappa shape index (κ3) is 3.38. The molecule has 2 unspecified atom stereocenters. The summed E-state index contributed by atoms with van der Waals surface area (Å²) in [5, 5.41) is 0. The summed E-state index contributed by atoms with van der Waals surface area (Å²) in [6.45, 7) is 7.83. The molecule has 0 amide bonds. The Morgan fingerprint density at radius 2 is 2.16 bits per heavy atom. The molecule has 1 aromatic heterocycles. The molecule has 0 radical (unpaired) electrons. The van der Waals surface area contributed by atoms with Gasteiger partial charge in [-0.15, -0.1) is 0 Å². The van der Waals surface area contributed by atoms with E-state index in [0.717, 1.165) is 12.3 Å². The monoisotopic (exact) mass is 265 g/mol. The van der Waals surface area contributed by atoms with Crippen molar-refractivity contribution < 1.29 is 4.42 Å². The van der Waals surface area contributed by atoms with Gasteiger partial charge in [0.1, 0.15) is 5.76 Å². The molecule has 1 aromatic rings. The summed E-state index contributed by atoms with van der Waals surface area (Å²) in [6.07, 6.45) is 4.17. The summed E-state index contributed by atoms with van der Waals surface area (Å²) in [4.78, 5) is 4.93. The second-order valence-corrected chi connectivity index (χ2v) is 5.65. The van der Waals surface area contributed by atoms with Crippen molar-refractivity contribution in [3.63, 3.8) is 0 Å². The van der Waals surface area contributed by atoms with E-state index >= 15 is 0 Å². The molecule has 2 rings (SSSR count). The van der Waals surface area contributed by atoms with Crippen molar-refractivity contribution in [2.45, 2.75) is 44.8 Å². The molecule has 0 aliphatic carbocycles. The Hall–Kier alpha value is -0.840. The van der Waals surface area contributed by atoms with Crippen LogP contribution in [0.5, 0.6) is 0 Å². The van der Waals surface area contributed by atoms with Crippen LogP contribution in [0.3, 0.4) is 0 Å². The van der Waals surface area contributed by atoms with E-state index in [1.165, 1.54) is 25.9 Å². The van der Waals surface area contributed by atoms with Crippen LogP contribution in [0.15, 0.2) is 22.8 Å². The Kier molecular flexibility index (Phi) is 5.02. The topological polar surface area (TPSA) is 45.6 Å². The molecule has 1 aliphatic rings. The summed E-state index contributed by atoms with van der Waals surface area (Å²) in [5.74, 6) is 0.982. The number of hydrogen-bond acceptors (Lipinski definition) is 4. The molecule has 1 saturated heterocycles. The SMILES string of the molecule is CCN1CCC(N(C)C(c2ccco2)C(C)N)CC1. The number of furan rings is 1. The molecule has 1 aliphatic heterocycles. The average Bonchev–Trinajstić information content (AvgIpc) is 2.92. The first-order valence-electron chi connectivity index (χ1n) is 7.36. The maximum Gasteiger partial charge on any atom is 0.122 e. The lowest BCUT2D eigenvalue weighted by atomic mass is 9.98. The lowest BCUT2D eigenvalue weighted by Gasteiger charge is -2.40. The molecule has 0 bridgehead atoms. The zero-order chi connectivity index (χ0) is 13.8. The molecule has 19 heavy (non-hydrogen) atoms. The predicted octanol–water partition coefficient (Wildman–Crippen LogP) is 2.08. The average molecular weight is 265 g/mol. The number of rotatable bonds is 5. The van der Waals surface area contributed by atoms with E-state index < -0.39 is 0 Å². The highest BCUT2D eigenvalue weighted by Gasteiger charge is 2.30. The van der Waals surface area contributed by atoms with Crippen LogP contribution >= 0.6 is 0 Å². The Labute approximate surface area is 116 Å². The van der Waals surface area contributed by atoms with Gasteiger partial charge in [-0.1, -0.05) is 6.92 Å².